The molecule has 8 heteroatoms. The van der Waals surface area contributed by atoms with Crippen LogP contribution >= 0.6 is 11.6 Å². The highest BCUT2D eigenvalue weighted by Crippen LogP contribution is 2.34. The van der Waals surface area contributed by atoms with E-state index in [1.165, 1.54) is 18.2 Å². The second kappa shape index (κ2) is 7.09. The third-order valence-corrected chi connectivity index (χ3v) is 6.32. The molecule has 6 nitrogen and oxygen atoms in total. The predicted octanol–water partition coefficient (Wildman–Crippen LogP) is 2.93. The number of primary amides is 1. The smallest absolute Gasteiger partial charge is 0.339 e. The Kier molecular flexibility index (Phi) is 4.74. The molecule has 0 bridgehead atoms. The maximum absolute atomic E-state index is 12.9. The number of rotatable bonds is 4. The zero-order valence-electron chi connectivity index (χ0n) is 14.7. The van der Waals surface area contributed by atoms with Gasteiger partial charge in [0, 0.05) is 22.5 Å². The maximum atomic E-state index is 12.9. The summed E-state index contributed by atoms with van der Waals surface area (Å²) in [5, 5.41) is 4.98. The number of nitrogens with one attached hydrogen (secondary N) is 1. The van der Waals surface area contributed by atoms with E-state index in [0.717, 1.165) is 10.9 Å². The predicted molar refractivity (Wildman–Crippen MR) is 107 cm³/mol. The van der Waals surface area contributed by atoms with E-state index in [4.69, 9.17) is 21.5 Å². The minimum absolute atomic E-state index is 0.000682. The Balaban J connectivity index is 1.76. The van der Waals surface area contributed by atoms with Gasteiger partial charge in [-0.05, 0) is 41.6 Å². The molecule has 1 atom stereocenters. The Morgan fingerprint density at radius 1 is 1.14 bits per heavy atom. The summed E-state index contributed by atoms with van der Waals surface area (Å²) in [5.74, 6) is -0.491. The van der Waals surface area contributed by atoms with E-state index in [-0.39, 0.29) is 10.6 Å². The van der Waals surface area contributed by atoms with Crippen LogP contribution in [0.2, 0.25) is 5.02 Å². The lowest BCUT2D eigenvalue weighted by Crippen LogP contribution is -2.39. The van der Waals surface area contributed by atoms with E-state index in [1.807, 2.05) is 6.07 Å². The van der Waals surface area contributed by atoms with Crippen molar-refractivity contribution in [2.45, 2.75) is 17.4 Å². The molecule has 1 amide bonds. The number of amides is 1. The molecule has 1 unspecified atom stereocenters. The Labute approximate surface area is 167 Å². The van der Waals surface area contributed by atoms with Crippen molar-refractivity contribution in [3.05, 3.63) is 70.7 Å². The lowest BCUT2D eigenvalue weighted by atomic mass is 9.93. The van der Waals surface area contributed by atoms with Crippen molar-refractivity contribution in [1.29, 1.82) is 0 Å². The molecule has 0 spiro atoms. The Bertz CT molecular complexity index is 1190. The molecule has 0 aliphatic carbocycles. The molecule has 0 saturated heterocycles. The first-order valence-electron chi connectivity index (χ1n) is 8.64. The molecule has 3 N–H and O–H groups in total. The van der Waals surface area contributed by atoms with Gasteiger partial charge in [-0.3, -0.25) is 4.79 Å². The first kappa shape index (κ1) is 18.7. The Morgan fingerprint density at radius 3 is 2.71 bits per heavy atom. The fraction of sp³-hybridized carbons (Fsp3) is 0.150. The van der Waals surface area contributed by atoms with Crippen molar-refractivity contribution in [2.24, 2.45) is 5.73 Å². The minimum Gasteiger partial charge on any atom is -0.379 e. The molecular formula is C20H17ClN2O4S. The summed E-state index contributed by atoms with van der Waals surface area (Å²) in [6.07, 6.45) is 0.644. The Morgan fingerprint density at radius 2 is 1.93 bits per heavy atom. The molecular weight excluding hydrogens is 400 g/mol. The highest BCUT2D eigenvalue weighted by Gasteiger charge is 2.30. The van der Waals surface area contributed by atoms with E-state index in [0.29, 0.717) is 28.9 Å². The first-order valence-corrected chi connectivity index (χ1v) is 10.4. The lowest BCUT2D eigenvalue weighted by Gasteiger charge is -2.26. The highest BCUT2D eigenvalue weighted by atomic mass is 35.5. The SMILES string of the molecule is NC(=O)C1NCCc2cccc(OS(=O)(=O)c3ccc4c(Cl)cccc4c3)c21. The minimum atomic E-state index is -4.12. The third kappa shape index (κ3) is 3.32. The Hall–Kier alpha value is -2.61. The fourth-order valence-electron chi connectivity index (χ4n) is 3.45. The van der Waals surface area contributed by atoms with Crippen molar-refractivity contribution in [3.63, 3.8) is 0 Å². The highest BCUT2D eigenvalue weighted by molar-refractivity contribution is 7.87. The normalized spacial score (nSPS) is 16.5. The molecule has 1 heterocycles. The van der Waals surface area contributed by atoms with Crippen molar-refractivity contribution in [1.82, 2.24) is 5.32 Å². The number of hydrogen-bond acceptors (Lipinski definition) is 5. The molecule has 0 fully saturated rings. The molecule has 0 aromatic heterocycles. The van der Waals surface area contributed by atoms with Crippen LogP contribution in [0.25, 0.3) is 10.8 Å². The second-order valence-electron chi connectivity index (χ2n) is 6.53. The molecule has 1 aliphatic rings. The third-order valence-electron chi connectivity index (χ3n) is 4.76. The van der Waals surface area contributed by atoms with Crippen molar-refractivity contribution < 1.29 is 17.4 Å². The molecule has 144 valence electrons. The van der Waals surface area contributed by atoms with E-state index < -0.39 is 22.1 Å². The molecule has 28 heavy (non-hydrogen) atoms. The van der Waals surface area contributed by atoms with Gasteiger partial charge in [-0.15, -0.1) is 0 Å². The summed E-state index contributed by atoms with van der Waals surface area (Å²) >= 11 is 6.15. The van der Waals surface area contributed by atoms with Gasteiger partial charge in [0.2, 0.25) is 5.91 Å². The molecule has 3 aromatic rings. The number of benzene rings is 3. The zero-order chi connectivity index (χ0) is 19.9. The first-order chi connectivity index (χ1) is 13.4. The van der Waals surface area contributed by atoms with Crippen LogP contribution in [0.1, 0.15) is 17.2 Å². The summed E-state index contributed by atoms with van der Waals surface area (Å²) in [4.78, 5) is 11.8. The molecule has 3 aromatic carbocycles. The average molecular weight is 417 g/mol. The van der Waals surface area contributed by atoms with Gasteiger partial charge in [-0.1, -0.05) is 41.9 Å². The van der Waals surface area contributed by atoms with Crippen LogP contribution < -0.4 is 15.2 Å². The van der Waals surface area contributed by atoms with Gasteiger partial charge in [0.15, 0.2) is 0 Å². The molecule has 0 saturated carbocycles. The van der Waals surface area contributed by atoms with Crippen molar-refractivity contribution in [3.8, 4) is 5.75 Å². The van der Waals surface area contributed by atoms with Gasteiger partial charge in [0.1, 0.15) is 16.7 Å². The van der Waals surface area contributed by atoms with Gasteiger partial charge in [0.05, 0.1) is 0 Å². The fourth-order valence-corrected chi connectivity index (χ4v) is 4.68. The molecule has 1 aliphatic heterocycles. The topological polar surface area (TPSA) is 98.5 Å². The van der Waals surface area contributed by atoms with Crippen LogP contribution in [0, 0.1) is 0 Å². The van der Waals surface area contributed by atoms with Crippen LogP contribution in [0.3, 0.4) is 0 Å². The van der Waals surface area contributed by atoms with Crippen molar-refractivity contribution >= 4 is 38.4 Å². The van der Waals surface area contributed by atoms with Crippen LogP contribution in [0.15, 0.2) is 59.5 Å². The van der Waals surface area contributed by atoms with Crippen molar-refractivity contribution in [2.75, 3.05) is 6.54 Å². The standard InChI is InChI=1S/C20H17ClN2O4S/c21-16-5-1-4-13-11-14(7-8-15(13)16)28(25,26)27-17-6-2-3-12-9-10-23-19(18(12)17)20(22)24/h1-8,11,19,23H,9-10H2,(H2,22,24). The number of hydrogen-bond donors (Lipinski definition) is 2. The summed E-state index contributed by atoms with van der Waals surface area (Å²) in [6, 6.07) is 14.1. The van der Waals surface area contributed by atoms with E-state index in [2.05, 4.69) is 5.32 Å². The quantitative estimate of drug-likeness (QED) is 0.637. The number of carbonyl (C=O) groups excluding carboxylic acids is 1. The van der Waals surface area contributed by atoms with Gasteiger partial charge in [-0.25, -0.2) is 0 Å². The zero-order valence-corrected chi connectivity index (χ0v) is 16.3. The maximum Gasteiger partial charge on any atom is 0.339 e. The average Bonchev–Trinajstić information content (AvgIpc) is 2.67. The van der Waals surface area contributed by atoms with Crippen LogP contribution in [0.4, 0.5) is 0 Å². The largest absolute Gasteiger partial charge is 0.379 e. The molecule has 4 rings (SSSR count). The van der Waals surface area contributed by atoms with Gasteiger partial charge in [-0.2, -0.15) is 8.42 Å². The number of carbonyl (C=O) groups is 1. The van der Waals surface area contributed by atoms with E-state index >= 15 is 0 Å². The molecule has 0 radical (unpaired) electrons. The number of halogens is 1. The number of nitrogens with two attached hydrogens (primary N) is 1. The summed E-state index contributed by atoms with van der Waals surface area (Å²) < 4.78 is 31.2. The lowest BCUT2D eigenvalue weighted by molar-refractivity contribution is -0.120. The van der Waals surface area contributed by atoms with E-state index in [9.17, 15) is 13.2 Å². The van der Waals surface area contributed by atoms with Gasteiger partial charge >= 0.3 is 10.1 Å². The van der Waals surface area contributed by atoms with Crippen LogP contribution in [-0.2, 0) is 21.3 Å². The summed E-state index contributed by atoms with van der Waals surface area (Å²) in [6.45, 7) is 0.572. The van der Waals surface area contributed by atoms with E-state index in [1.54, 1.807) is 30.3 Å². The second-order valence-corrected chi connectivity index (χ2v) is 8.48. The summed E-state index contributed by atoms with van der Waals surface area (Å²) in [7, 11) is -4.12. The monoisotopic (exact) mass is 416 g/mol. The van der Waals surface area contributed by atoms with Gasteiger partial charge < -0.3 is 15.2 Å². The summed E-state index contributed by atoms with van der Waals surface area (Å²) in [5.41, 5.74) is 6.78. The number of fused-ring (bicyclic) bond motifs is 2. The van der Waals surface area contributed by atoms with Crippen LogP contribution in [0.5, 0.6) is 5.75 Å². The van der Waals surface area contributed by atoms with Crippen LogP contribution in [-0.4, -0.2) is 20.9 Å². The van der Waals surface area contributed by atoms with Gasteiger partial charge in [0.25, 0.3) is 0 Å².